The Hall–Kier alpha value is -1.01. The summed E-state index contributed by atoms with van der Waals surface area (Å²) < 4.78 is 5.53. The molecule has 1 saturated carbocycles. The number of ether oxygens (including phenoxy) is 1. The number of aryl methyl sites for hydroxylation is 1. The van der Waals surface area contributed by atoms with E-state index in [1.165, 1.54) is 17.6 Å². The molecule has 0 unspecified atom stereocenters. The van der Waals surface area contributed by atoms with Crippen LogP contribution in [0.5, 0.6) is 0 Å². The first-order valence-corrected chi connectivity index (χ1v) is 5.86. The van der Waals surface area contributed by atoms with Crippen molar-refractivity contribution in [3.8, 4) is 0 Å². The van der Waals surface area contributed by atoms with E-state index in [1.807, 2.05) is 0 Å². The molecular formula is C10H19N5O. The summed E-state index contributed by atoms with van der Waals surface area (Å²) in [5.41, 5.74) is 0. The van der Waals surface area contributed by atoms with Gasteiger partial charge in [-0.2, -0.15) is 4.80 Å². The van der Waals surface area contributed by atoms with Crippen LogP contribution in [0.2, 0.25) is 0 Å². The molecule has 0 aromatic carbocycles. The maximum absolute atomic E-state index is 5.53. The number of hydrogen-bond donors (Lipinski definition) is 1. The van der Waals surface area contributed by atoms with Gasteiger partial charge in [0.25, 0.3) is 0 Å². The molecule has 1 fully saturated rings. The molecule has 2 rings (SSSR count). The SMILES string of the molecule is Cn1nnc(CNCCCOCC2CC2)n1. The molecule has 0 saturated heterocycles. The van der Waals surface area contributed by atoms with Crippen molar-refractivity contribution in [1.29, 1.82) is 0 Å². The molecule has 1 aliphatic rings. The van der Waals surface area contributed by atoms with Crippen LogP contribution in [0.3, 0.4) is 0 Å². The van der Waals surface area contributed by atoms with Crippen molar-refractivity contribution in [2.45, 2.75) is 25.8 Å². The van der Waals surface area contributed by atoms with Gasteiger partial charge in [-0.25, -0.2) is 0 Å². The fourth-order valence-corrected chi connectivity index (χ4v) is 1.43. The van der Waals surface area contributed by atoms with Gasteiger partial charge in [0, 0.05) is 13.2 Å². The number of aromatic nitrogens is 4. The first-order chi connectivity index (χ1) is 7.84. The molecule has 16 heavy (non-hydrogen) atoms. The lowest BCUT2D eigenvalue weighted by molar-refractivity contribution is 0.122. The summed E-state index contributed by atoms with van der Waals surface area (Å²) in [4.78, 5) is 1.47. The van der Waals surface area contributed by atoms with Crippen molar-refractivity contribution in [3.63, 3.8) is 0 Å². The van der Waals surface area contributed by atoms with Crippen molar-refractivity contribution in [2.75, 3.05) is 19.8 Å². The summed E-state index contributed by atoms with van der Waals surface area (Å²) in [6, 6.07) is 0. The Kier molecular flexibility index (Phi) is 4.24. The molecule has 0 atom stereocenters. The van der Waals surface area contributed by atoms with E-state index in [0.717, 1.165) is 37.9 Å². The molecule has 1 heterocycles. The highest BCUT2D eigenvalue weighted by Crippen LogP contribution is 2.28. The molecule has 0 radical (unpaired) electrons. The summed E-state index contributed by atoms with van der Waals surface area (Å²) in [7, 11) is 1.77. The molecule has 6 heteroatoms. The van der Waals surface area contributed by atoms with Crippen LogP contribution in [0.25, 0.3) is 0 Å². The van der Waals surface area contributed by atoms with Crippen LogP contribution in [0, 0.1) is 5.92 Å². The lowest BCUT2D eigenvalue weighted by Crippen LogP contribution is -2.17. The molecule has 0 amide bonds. The van der Waals surface area contributed by atoms with Crippen molar-refractivity contribution in [2.24, 2.45) is 13.0 Å². The van der Waals surface area contributed by atoms with Crippen LogP contribution >= 0.6 is 0 Å². The predicted molar refractivity (Wildman–Crippen MR) is 58.7 cm³/mol. The van der Waals surface area contributed by atoms with Gasteiger partial charge in [-0.05, 0) is 36.9 Å². The summed E-state index contributed by atoms with van der Waals surface area (Å²) in [5.74, 6) is 1.60. The van der Waals surface area contributed by atoms with Crippen LogP contribution in [-0.4, -0.2) is 40.0 Å². The highest BCUT2D eigenvalue weighted by molar-refractivity contribution is 4.74. The second-order valence-electron chi connectivity index (χ2n) is 4.24. The first kappa shape index (κ1) is 11.5. The Labute approximate surface area is 95.4 Å². The zero-order valence-electron chi connectivity index (χ0n) is 9.72. The van der Waals surface area contributed by atoms with E-state index in [9.17, 15) is 0 Å². The summed E-state index contributed by atoms with van der Waals surface area (Å²) >= 11 is 0. The normalized spacial score (nSPS) is 15.6. The fourth-order valence-electron chi connectivity index (χ4n) is 1.43. The van der Waals surface area contributed by atoms with E-state index in [0.29, 0.717) is 6.54 Å². The van der Waals surface area contributed by atoms with Crippen LogP contribution in [0.4, 0.5) is 0 Å². The number of nitrogens with one attached hydrogen (secondary N) is 1. The number of nitrogens with zero attached hydrogens (tertiary/aromatic N) is 4. The van der Waals surface area contributed by atoms with Crippen LogP contribution in [0.15, 0.2) is 0 Å². The number of rotatable bonds is 8. The van der Waals surface area contributed by atoms with Gasteiger partial charge in [0.15, 0.2) is 5.82 Å². The topological polar surface area (TPSA) is 64.9 Å². The molecule has 1 N–H and O–H groups in total. The second-order valence-corrected chi connectivity index (χ2v) is 4.24. The average molecular weight is 225 g/mol. The predicted octanol–water partition coefficient (Wildman–Crippen LogP) is 0.116. The Bertz CT molecular complexity index is 310. The van der Waals surface area contributed by atoms with E-state index in [-0.39, 0.29) is 0 Å². The lowest BCUT2D eigenvalue weighted by atomic mass is 10.4. The molecule has 1 aromatic heterocycles. The molecule has 0 spiro atoms. The maximum atomic E-state index is 5.53. The summed E-state index contributed by atoms with van der Waals surface area (Å²) in [6.45, 7) is 3.41. The maximum Gasteiger partial charge on any atom is 0.188 e. The van der Waals surface area contributed by atoms with Gasteiger partial charge in [0.1, 0.15) is 0 Å². The van der Waals surface area contributed by atoms with Crippen molar-refractivity contribution in [3.05, 3.63) is 5.82 Å². The molecule has 1 aliphatic carbocycles. The first-order valence-electron chi connectivity index (χ1n) is 5.86. The third-order valence-electron chi connectivity index (χ3n) is 2.53. The van der Waals surface area contributed by atoms with Gasteiger partial charge in [-0.1, -0.05) is 0 Å². The van der Waals surface area contributed by atoms with Gasteiger partial charge in [-0.15, -0.1) is 10.2 Å². The highest BCUT2D eigenvalue weighted by Gasteiger charge is 2.20. The van der Waals surface area contributed by atoms with Gasteiger partial charge >= 0.3 is 0 Å². The third-order valence-corrected chi connectivity index (χ3v) is 2.53. The minimum absolute atomic E-state index is 0.677. The van der Waals surface area contributed by atoms with Crippen molar-refractivity contribution >= 4 is 0 Å². The smallest absolute Gasteiger partial charge is 0.188 e. The second kappa shape index (κ2) is 5.91. The Balaban J connectivity index is 1.42. The van der Waals surface area contributed by atoms with E-state index >= 15 is 0 Å². The Morgan fingerprint density at radius 3 is 3.06 bits per heavy atom. The van der Waals surface area contributed by atoms with Gasteiger partial charge in [-0.3, -0.25) is 0 Å². The fraction of sp³-hybridized carbons (Fsp3) is 0.900. The van der Waals surface area contributed by atoms with Crippen LogP contribution in [-0.2, 0) is 18.3 Å². The Morgan fingerprint density at radius 1 is 1.50 bits per heavy atom. The molecule has 6 nitrogen and oxygen atoms in total. The largest absolute Gasteiger partial charge is 0.381 e. The van der Waals surface area contributed by atoms with Crippen LogP contribution < -0.4 is 5.32 Å². The molecule has 90 valence electrons. The van der Waals surface area contributed by atoms with Gasteiger partial charge < -0.3 is 10.1 Å². The highest BCUT2D eigenvalue weighted by atomic mass is 16.5. The minimum atomic E-state index is 0.677. The number of hydrogen-bond acceptors (Lipinski definition) is 5. The molecular weight excluding hydrogens is 206 g/mol. The van der Waals surface area contributed by atoms with Gasteiger partial charge in [0.05, 0.1) is 13.6 Å². The zero-order chi connectivity index (χ0) is 11.2. The zero-order valence-corrected chi connectivity index (χ0v) is 9.72. The quantitative estimate of drug-likeness (QED) is 0.636. The van der Waals surface area contributed by atoms with Crippen molar-refractivity contribution in [1.82, 2.24) is 25.5 Å². The standard InChI is InChI=1S/C10H19N5O/c1-15-13-10(12-14-15)7-11-5-2-6-16-8-9-3-4-9/h9,11H,2-8H2,1H3. The number of tetrazole rings is 1. The molecule has 0 bridgehead atoms. The summed E-state index contributed by atoms with van der Waals surface area (Å²) in [6.07, 6.45) is 3.75. The van der Waals surface area contributed by atoms with E-state index in [1.54, 1.807) is 7.05 Å². The van der Waals surface area contributed by atoms with E-state index in [4.69, 9.17) is 4.74 Å². The van der Waals surface area contributed by atoms with Crippen molar-refractivity contribution < 1.29 is 4.74 Å². The molecule has 1 aromatic rings. The van der Waals surface area contributed by atoms with Crippen LogP contribution in [0.1, 0.15) is 25.1 Å². The Morgan fingerprint density at radius 2 is 2.38 bits per heavy atom. The van der Waals surface area contributed by atoms with Gasteiger partial charge in [0.2, 0.25) is 0 Å². The average Bonchev–Trinajstić information content (AvgIpc) is 3.00. The monoisotopic (exact) mass is 225 g/mol. The van der Waals surface area contributed by atoms with E-state index in [2.05, 4.69) is 20.7 Å². The molecule has 0 aliphatic heterocycles. The van der Waals surface area contributed by atoms with E-state index < -0.39 is 0 Å². The minimum Gasteiger partial charge on any atom is -0.381 e. The third kappa shape index (κ3) is 4.24. The lowest BCUT2D eigenvalue weighted by Gasteiger charge is -2.03. The summed E-state index contributed by atoms with van der Waals surface area (Å²) in [5, 5.41) is 15.0.